The first-order valence-electron chi connectivity index (χ1n) is 9.38. The number of benzene rings is 1. The smallest absolute Gasteiger partial charge is 0.230 e. The molecule has 0 bridgehead atoms. The molecule has 9 heteroatoms. The number of nitrogens with one attached hydrogen (secondary N) is 1. The van der Waals surface area contributed by atoms with Crippen LogP contribution in [0.25, 0.3) is 11.3 Å². The van der Waals surface area contributed by atoms with E-state index < -0.39 is 5.82 Å². The highest BCUT2D eigenvalue weighted by Crippen LogP contribution is 2.38. The molecule has 0 atom stereocenters. The van der Waals surface area contributed by atoms with Crippen molar-refractivity contribution in [3.63, 3.8) is 0 Å². The molecule has 0 unspecified atom stereocenters. The minimum Gasteiger partial charge on any atom is -0.497 e. The summed E-state index contributed by atoms with van der Waals surface area (Å²) in [6, 6.07) is 7.96. The third-order valence-electron chi connectivity index (χ3n) is 5.39. The van der Waals surface area contributed by atoms with Crippen LogP contribution in [0, 0.1) is 11.2 Å². The molecule has 8 nitrogen and oxygen atoms in total. The van der Waals surface area contributed by atoms with Gasteiger partial charge in [-0.15, -0.1) is 0 Å². The third-order valence-corrected chi connectivity index (χ3v) is 5.39. The average molecular weight is 397 g/mol. The fourth-order valence-corrected chi connectivity index (χ4v) is 3.72. The Hall–Kier alpha value is -3.20. The minimum atomic E-state index is -0.434. The van der Waals surface area contributed by atoms with Crippen LogP contribution in [0.15, 0.2) is 41.1 Å². The Morgan fingerprint density at radius 2 is 2.14 bits per heavy atom. The number of rotatable bonds is 5. The second kappa shape index (κ2) is 7.00. The van der Waals surface area contributed by atoms with E-state index in [2.05, 4.69) is 25.3 Å². The molecular formula is C20H20FN5O3. The predicted octanol–water partition coefficient (Wildman–Crippen LogP) is 3.25. The van der Waals surface area contributed by atoms with Gasteiger partial charge in [-0.1, -0.05) is 5.16 Å². The van der Waals surface area contributed by atoms with Crippen LogP contribution in [0.1, 0.15) is 6.42 Å². The molecule has 2 aliphatic heterocycles. The van der Waals surface area contributed by atoms with Gasteiger partial charge >= 0.3 is 0 Å². The monoisotopic (exact) mass is 397 g/mol. The number of halogens is 1. The minimum absolute atomic E-state index is 0.259. The van der Waals surface area contributed by atoms with Gasteiger partial charge in [-0.2, -0.15) is 4.98 Å². The molecular weight excluding hydrogens is 377 g/mol. The lowest BCUT2D eigenvalue weighted by Gasteiger charge is -2.37. The van der Waals surface area contributed by atoms with Crippen molar-refractivity contribution in [1.29, 1.82) is 0 Å². The highest BCUT2D eigenvalue weighted by atomic mass is 19.1. The van der Waals surface area contributed by atoms with E-state index in [4.69, 9.17) is 14.0 Å². The molecule has 2 fully saturated rings. The average Bonchev–Trinajstić information content (AvgIpc) is 3.35. The van der Waals surface area contributed by atoms with Gasteiger partial charge in [0.15, 0.2) is 0 Å². The van der Waals surface area contributed by atoms with Gasteiger partial charge < -0.3 is 24.2 Å². The Morgan fingerprint density at radius 1 is 1.24 bits per heavy atom. The van der Waals surface area contributed by atoms with Crippen LogP contribution in [-0.2, 0) is 4.74 Å². The number of ether oxygens (including phenoxy) is 2. The maximum Gasteiger partial charge on any atom is 0.230 e. The molecule has 150 valence electrons. The van der Waals surface area contributed by atoms with E-state index >= 15 is 0 Å². The van der Waals surface area contributed by atoms with Gasteiger partial charge in [0.25, 0.3) is 0 Å². The van der Waals surface area contributed by atoms with Gasteiger partial charge in [0.05, 0.1) is 20.3 Å². The lowest BCUT2D eigenvalue weighted by atomic mass is 9.85. The Morgan fingerprint density at radius 3 is 2.86 bits per heavy atom. The second-order valence-electron chi connectivity index (χ2n) is 7.45. The molecule has 2 aliphatic rings. The van der Waals surface area contributed by atoms with Crippen molar-refractivity contribution in [2.24, 2.45) is 5.41 Å². The highest BCUT2D eigenvalue weighted by molar-refractivity contribution is 5.65. The Kier molecular flexibility index (Phi) is 4.31. The lowest BCUT2D eigenvalue weighted by Crippen LogP contribution is -2.44. The molecule has 29 heavy (non-hydrogen) atoms. The first-order valence-corrected chi connectivity index (χ1v) is 9.38. The van der Waals surface area contributed by atoms with Crippen molar-refractivity contribution in [2.75, 3.05) is 43.6 Å². The fraction of sp³-hybridized carbons (Fsp3) is 0.350. The van der Waals surface area contributed by atoms with Gasteiger partial charge in [0.1, 0.15) is 23.1 Å². The van der Waals surface area contributed by atoms with E-state index in [-0.39, 0.29) is 5.41 Å². The molecule has 2 aromatic heterocycles. The number of nitrogens with zero attached hydrogens (tertiary/aromatic N) is 4. The van der Waals surface area contributed by atoms with Crippen LogP contribution in [-0.4, -0.2) is 48.5 Å². The maximum absolute atomic E-state index is 14.3. The van der Waals surface area contributed by atoms with Gasteiger partial charge in [0.2, 0.25) is 11.8 Å². The maximum atomic E-state index is 14.3. The third kappa shape index (κ3) is 3.38. The summed E-state index contributed by atoms with van der Waals surface area (Å²) in [4.78, 5) is 11.1. The van der Waals surface area contributed by atoms with Crippen molar-refractivity contribution in [3.05, 3.63) is 42.3 Å². The van der Waals surface area contributed by atoms with E-state index in [0.29, 0.717) is 34.7 Å². The zero-order valence-corrected chi connectivity index (χ0v) is 15.9. The molecule has 1 N–H and O–H groups in total. The standard InChI is InChI=1S/C20H20FN5O3/c1-27-13-2-3-14(15(21)8-13)16-9-18(29-25-16)23-17-4-6-22-19(24-17)26-7-5-20(10-26)11-28-12-20/h2-4,6,8-9H,5,7,10-12H2,1H3,(H,22,23,24). The van der Waals surface area contributed by atoms with Crippen molar-refractivity contribution < 1.29 is 18.4 Å². The molecule has 4 heterocycles. The van der Waals surface area contributed by atoms with E-state index in [1.165, 1.54) is 13.2 Å². The van der Waals surface area contributed by atoms with Crippen LogP contribution in [0.5, 0.6) is 5.75 Å². The number of aromatic nitrogens is 3. The molecule has 1 aromatic carbocycles. The summed E-state index contributed by atoms with van der Waals surface area (Å²) >= 11 is 0. The van der Waals surface area contributed by atoms with Crippen molar-refractivity contribution >= 4 is 17.7 Å². The first kappa shape index (κ1) is 17.9. The SMILES string of the molecule is COc1ccc(-c2cc(Nc3ccnc(N4CCC5(COC5)C4)n3)on2)c(F)c1. The summed E-state index contributed by atoms with van der Waals surface area (Å²) < 4.78 is 30.0. The van der Waals surface area contributed by atoms with Crippen molar-refractivity contribution in [1.82, 2.24) is 15.1 Å². The number of hydrogen-bond donors (Lipinski definition) is 1. The van der Waals surface area contributed by atoms with Gasteiger partial charge in [-0.25, -0.2) is 9.37 Å². The summed E-state index contributed by atoms with van der Waals surface area (Å²) in [6.45, 7) is 3.43. The molecule has 0 saturated carbocycles. The summed E-state index contributed by atoms with van der Waals surface area (Å²) in [5, 5.41) is 7.02. The van der Waals surface area contributed by atoms with Crippen molar-refractivity contribution in [3.8, 4) is 17.0 Å². The lowest BCUT2D eigenvalue weighted by molar-refractivity contribution is -0.0985. The Balaban J connectivity index is 1.31. The molecule has 0 amide bonds. The highest BCUT2D eigenvalue weighted by Gasteiger charge is 2.45. The molecule has 0 radical (unpaired) electrons. The Bertz CT molecular complexity index is 1040. The van der Waals surface area contributed by atoms with Crippen LogP contribution >= 0.6 is 0 Å². The van der Waals surface area contributed by atoms with Gasteiger partial charge in [-0.05, 0) is 24.6 Å². The largest absolute Gasteiger partial charge is 0.497 e. The quantitative estimate of drug-likeness (QED) is 0.702. The topological polar surface area (TPSA) is 85.5 Å². The molecule has 2 saturated heterocycles. The van der Waals surface area contributed by atoms with Gasteiger partial charge in [-0.3, -0.25) is 0 Å². The number of methoxy groups -OCH3 is 1. The van der Waals surface area contributed by atoms with E-state index in [9.17, 15) is 4.39 Å². The van der Waals surface area contributed by atoms with Crippen LogP contribution in [0.2, 0.25) is 0 Å². The Labute approximate surface area is 166 Å². The molecule has 3 aromatic rings. The van der Waals surface area contributed by atoms with Crippen LogP contribution < -0.4 is 15.0 Å². The van der Waals surface area contributed by atoms with Gasteiger partial charge in [0, 0.05) is 42.4 Å². The number of anilines is 3. The first-order chi connectivity index (χ1) is 14.1. The fourth-order valence-electron chi connectivity index (χ4n) is 3.72. The summed E-state index contributed by atoms with van der Waals surface area (Å²) in [7, 11) is 1.49. The second-order valence-corrected chi connectivity index (χ2v) is 7.45. The number of hydrogen-bond acceptors (Lipinski definition) is 8. The van der Waals surface area contributed by atoms with E-state index in [1.807, 2.05) is 0 Å². The zero-order valence-electron chi connectivity index (χ0n) is 15.9. The molecule has 0 aliphatic carbocycles. The van der Waals surface area contributed by atoms with E-state index in [1.54, 1.807) is 30.5 Å². The van der Waals surface area contributed by atoms with Crippen molar-refractivity contribution in [2.45, 2.75) is 6.42 Å². The normalized spacial score (nSPS) is 17.4. The zero-order chi connectivity index (χ0) is 19.8. The van der Waals surface area contributed by atoms with E-state index in [0.717, 1.165) is 32.7 Å². The summed E-state index contributed by atoms with van der Waals surface area (Å²) in [5.41, 5.74) is 0.971. The summed E-state index contributed by atoms with van der Waals surface area (Å²) in [5.74, 6) is 1.62. The molecule has 1 spiro atoms. The predicted molar refractivity (Wildman–Crippen MR) is 104 cm³/mol. The molecule has 5 rings (SSSR count). The van der Waals surface area contributed by atoms with Crippen LogP contribution in [0.4, 0.5) is 22.0 Å². The summed E-state index contributed by atoms with van der Waals surface area (Å²) in [6.07, 6.45) is 2.79. The van der Waals surface area contributed by atoms with Crippen LogP contribution in [0.3, 0.4) is 0 Å².